The molecule has 1 aromatic carbocycles. The van der Waals surface area contributed by atoms with Crippen LogP contribution in [-0.2, 0) is 24.4 Å². The summed E-state index contributed by atoms with van der Waals surface area (Å²) in [6.07, 6.45) is 5.12. The van der Waals surface area contributed by atoms with Crippen LogP contribution >= 0.6 is 0 Å². The van der Waals surface area contributed by atoms with Gasteiger partial charge in [0.2, 0.25) is 27.7 Å². The molecular weight excluding hydrogens is 762 g/mol. The van der Waals surface area contributed by atoms with Crippen molar-refractivity contribution in [2.75, 3.05) is 26.4 Å². The van der Waals surface area contributed by atoms with Gasteiger partial charge in [0.25, 0.3) is 5.91 Å². The number of rotatable bonds is 7. The number of hydrogen-bond acceptors (Lipinski definition) is 10. The van der Waals surface area contributed by atoms with Crippen LogP contribution in [0.25, 0.3) is 10.8 Å². The summed E-state index contributed by atoms with van der Waals surface area (Å²) in [7, 11) is -4.41. The number of carboxylic acid groups (broad SMARTS) is 1. The lowest BCUT2D eigenvalue weighted by molar-refractivity contribution is -0.146. The van der Waals surface area contributed by atoms with Crippen molar-refractivity contribution in [1.29, 1.82) is 0 Å². The second-order valence-electron chi connectivity index (χ2n) is 17.4. The Kier molecular flexibility index (Phi) is 10.6. The van der Waals surface area contributed by atoms with Crippen molar-refractivity contribution in [2.45, 2.75) is 114 Å². The first-order valence-electron chi connectivity index (χ1n) is 19.7. The smallest absolute Gasteiger partial charge is 0.408 e. The van der Waals surface area contributed by atoms with Gasteiger partial charge in [-0.3, -0.25) is 24.0 Å². The fourth-order valence-corrected chi connectivity index (χ4v) is 10.1. The van der Waals surface area contributed by atoms with Gasteiger partial charge in [0.1, 0.15) is 48.4 Å². The Bertz CT molecular complexity index is 2090. The van der Waals surface area contributed by atoms with Crippen LogP contribution < -0.4 is 24.2 Å². The normalized spacial score (nSPS) is 30.5. The van der Waals surface area contributed by atoms with E-state index < -0.39 is 86.4 Å². The number of halogens is 1. The van der Waals surface area contributed by atoms with Crippen LogP contribution in [0.15, 0.2) is 36.5 Å². The average Bonchev–Trinajstić information content (AvgIpc) is 4.06. The van der Waals surface area contributed by atoms with Gasteiger partial charge < -0.3 is 29.5 Å². The Balaban J connectivity index is 1.26. The molecule has 7 atom stereocenters. The number of sulfonamides is 1. The SMILES string of the molecule is C[C@@H]1CC/C=C\[C@@H]2C[C@@]2(C(=O)NS(=O)(=O)C2(CF)CC2)NC(=O)[C@@H]2C[C@@H](Oc3nccc4c5c(ccc34)OCCO5)CN2C(=O)[C@@H](N(C(=O)O)C(C)(C)C)[C@H](C)C1. The van der Waals surface area contributed by atoms with Crippen LogP contribution in [0.2, 0.25) is 0 Å². The number of nitrogens with one attached hydrogen (secondary N) is 2. The number of aromatic nitrogens is 1. The van der Waals surface area contributed by atoms with Crippen molar-refractivity contribution in [1.82, 2.24) is 24.8 Å². The molecule has 7 rings (SSSR count). The summed E-state index contributed by atoms with van der Waals surface area (Å²) in [5.41, 5.74) is -2.69. The quantitative estimate of drug-likeness (QED) is 0.337. The monoisotopic (exact) mass is 813 g/mol. The zero-order valence-electron chi connectivity index (χ0n) is 33.0. The van der Waals surface area contributed by atoms with Crippen LogP contribution in [-0.4, -0.2) is 113 Å². The second-order valence-corrected chi connectivity index (χ2v) is 19.5. The first-order valence-corrected chi connectivity index (χ1v) is 21.2. The fourth-order valence-electron chi connectivity index (χ4n) is 8.71. The topological polar surface area (TPSA) is 194 Å². The summed E-state index contributed by atoms with van der Waals surface area (Å²) in [5, 5.41) is 14.7. The minimum absolute atomic E-state index is 0.0538. The maximum atomic E-state index is 15.1. The number of alkyl halides is 1. The highest BCUT2D eigenvalue weighted by molar-refractivity contribution is 7.91. The Morgan fingerprint density at radius 3 is 2.54 bits per heavy atom. The molecule has 4 heterocycles. The molecule has 2 aromatic rings. The highest BCUT2D eigenvalue weighted by atomic mass is 32.2. The molecule has 0 radical (unpaired) electrons. The molecule has 15 nitrogen and oxygen atoms in total. The molecule has 310 valence electrons. The van der Waals surface area contributed by atoms with Gasteiger partial charge in [-0.05, 0) is 89.3 Å². The number of fused-ring (bicyclic) bond motifs is 5. The van der Waals surface area contributed by atoms with E-state index in [1.807, 2.05) is 19.9 Å². The molecule has 1 saturated heterocycles. The van der Waals surface area contributed by atoms with Crippen molar-refractivity contribution in [2.24, 2.45) is 17.8 Å². The standard InChI is InChI=1S/C40H52FN5O10S/c1-23-8-6-7-9-25-20-40(25,36(49)44-57(52,53)39(22-41)13-14-39)43-33(47)29-19-26(21-45(29)35(48)31(24(2)18-23)46(37(50)51)38(3,4)5)56-34-28-10-11-30-32(55-17-16-54-30)27(28)12-15-42-34/h7,9-12,15,23-26,29,31H,6,8,13-14,16-22H2,1-5H3,(H,43,47)(H,44,49)(H,50,51)/b9-7-/t23-,24-,25-,26-,29+,31+,40-/m1/s1. The summed E-state index contributed by atoms with van der Waals surface area (Å²) in [4.78, 5) is 63.6. The first kappa shape index (κ1) is 40.5. The number of nitrogens with zero attached hydrogens (tertiary/aromatic N) is 3. The first-order chi connectivity index (χ1) is 26.9. The molecule has 3 N–H and O–H groups in total. The van der Waals surface area contributed by atoms with Crippen LogP contribution in [0.3, 0.4) is 0 Å². The van der Waals surface area contributed by atoms with E-state index in [-0.39, 0.29) is 44.0 Å². The van der Waals surface area contributed by atoms with Crippen molar-refractivity contribution in [3.63, 3.8) is 0 Å². The Hall–Kier alpha value is -4.67. The maximum Gasteiger partial charge on any atom is 0.408 e. The second kappa shape index (κ2) is 14.9. The lowest BCUT2D eigenvalue weighted by Crippen LogP contribution is -2.62. The predicted octanol–water partition coefficient (Wildman–Crippen LogP) is 4.34. The number of benzene rings is 1. The van der Waals surface area contributed by atoms with E-state index in [0.29, 0.717) is 54.7 Å². The predicted molar refractivity (Wildman–Crippen MR) is 206 cm³/mol. The van der Waals surface area contributed by atoms with Crippen molar-refractivity contribution < 1.29 is 51.3 Å². The number of amides is 4. The van der Waals surface area contributed by atoms with E-state index in [1.165, 1.54) is 4.90 Å². The molecule has 0 spiro atoms. The number of carbonyl (C=O) groups is 4. The molecule has 4 amide bonds. The van der Waals surface area contributed by atoms with Gasteiger partial charge >= 0.3 is 6.09 Å². The third-order valence-corrected chi connectivity index (χ3v) is 14.2. The van der Waals surface area contributed by atoms with Gasteiger partial charge in [-0.2, -0.15) is 0 Å². The Morgan fingerprint density at radius 2 is 1.86 bits per heavy atom. The third-order valence-electron chi connectivity index (χ3n) is 12.1. The van der Waals surface area contributed by atoms with Crippen molar-refractivity contribution >= 4 is 44.6 Å². The van der Waals surface area contributed by atoms with E-state index >= 15 is 4.79 Å². The molecular formula is C40H52FN5O10S. The number of ether oxygens (including phenoxy) is 3. The van der Waals surface area contributed by atoms with E-state index in [1.54, 1.807) is 51.2 Å². The van der Waals surface area contributed by atoms with E-state index in [4.69, 9.17) is 14.2 Å². The number of allylic oxidation sites excluding steroid dienone is 1. The molecule has 1 aromatic heterocycles. The Morgan fingerprint density at radius 1 is 1.12 bits per heavy atom. The molecule has 2 aliphatic carbocycles. The average molecular weight is 814 g/mol. The van der Waals surface area contributed by atoms with Gasteiger partial charge in [-0.25, -0.2) is 22.6 Å². The zero-order chi connectivity index (χ0) is 41.1. The van der Waals surface area contributed by atoms with Gasteiger partial charge in [0.15, 0.2) is 11.5 Å². The summed E-state index contributed by atoms with van der Waals surface area (Å²) in [5.74, 6) is -1.93. The lowest BCUT2D eigenvalue weighted by Gasteiger charge is -2.43. The van der Waals surface area contributed by atoms with Gasteiger partial charge in [-0.15, -0.1) is 0 Å². The number of hydrogen-bond donors (Lipinski definition) is 3. The highest BCUT2D eigenvalue weighted by Crippen LogP contribution is 2.48. The van der Waals surface area contributed by atoms with Crippen molar-refractivity contribution in [3.05, 3.63) is 36.5 Å². The van der Waals surface area contributed by atoms with Crippen LogP contribution in [0.5, 0.6) is 17.4 Å². The number of pyridine rings is 1. The summed E-state index contributed by atoms with van der Waals surface area (Å²) < 4.78 is 58.9. The highest BCUT2D eigenvalue weighted by Gasteiger charge is 2.64. The summed E-state index contributed by atoms with van der Waals surface area (Å²) in [6.45, 7) is 8.51. The summed E-state index contributed by atoms with van der Waals surface area (Å²) in [6, 6.07) is 2.88. The van der Waals surface area contributed by atoms with Crippen LogP contribution in [0, 0.1) is 17.8 Å². The molecule has 0 bridgehead atoms. The van der Waals surface area contributed by atoms with E-state index in [2.05, 4.69) is 15.0 Å². The Labute approximate surface area is 331 Å². The molecule has 0 unspecified atom stereocenters. The summed E-state index contributed by atoms with van der Waals surface area (Å²) >= 11 is 0. The maximum absolute atomic E-state index is 15.1. The largest absolute Gasteiger partial charge is 0.486 e. The minimum atomic E-state index is -4.41. The molecule has 2 saturated carbocycles. The number of carbonyl (C=O) groups excluding carboxylic acids is 3. The van der Waals surface area contributed by atoms with E-state index in [9.17, 15) is 32.3 Å². The van der Waals surface area contributed by atoms with E-state index in [0.717, 1.165) is 4.90 Å². The van der Waals surface area contributed by atoms with Crippen molar-refractivity contribution in [3.8, 4) is 17.4 Å². The molecule has 17 heteroatoms. The van der Waals surface area contributed by atoms with Gasteiger partial charge in [-0.1, -0.05) is 26.0 Å². The van der Waals surface area contributed by atoms with Gasteiger partial charge in [0, 0.05) is 34.8 Å². The third kappa shape index (κ3) is 7.58. The zero-order valence-corrected chi connectivity index (χ0v) is 33.8. The fraction of sp³-hybridized carbons (Fsp3) is 0.625. The molecule has 57 heavy (non-hydrogen) atoms. The molecule has 3 aliphatic heterocycles. The van der Waals surface area contributed by atoms with Crippen LogP contribution in [0.1, 0.15) is 79.6 Å². The van der Waals surface area contributed by atoms with Crippen LogP contribution in [0.4, 0.5) is 9.18 Å². The molecule has 3 fully saturated rings. The van der Waals surface area contributed by atoms with Gasteiger partial charge in [0.05, 0.1) is 6.54 Å². The molecule has 5 aliphatic rings. The lowest BCUT2D eigenvalue weighted by atomic mass is 9.85. The minimum Gasteiger partial charge on any atom is -0.486 e.